The molecule has 0 saturated carbocycles. The third-order valence-electron chi connectivity index (χ3n) is 5.59. The molecule has 0 amide bonds. The highest BCUT2D eigenvalue weighted by Crippen LogP contribution is 2.28. The fourth-order valence-corrected chi connectivity index (χ4v) is 4.83. The number of thiazole rings is 1. The van der Waals surface area contributed by atoms with E-state index in [0.29, 0.717) is 0 Å². The number of hydrogen-bond donors (Lipinski definition) is 0. The smallest absolute Gasteiger partial charge is 0.185 e. The number of piperazine rings is 1. The van der Waals surface area contributed by atoms with Crippen LogP contribution in [0.2, 0.25) is 0 Å². The predicted octanol–water partition coefficient (Wildman–Crippen LogP) is 3.42. The minimum absolute atomic E-state index is 0.754. The van der Waals surface area contributed by atoms with Gasteiger partial charge in [0.25, 0.3) is 0 Å². The van der Waals surface area contributed by atoms with Crippen molar-refractivity contribution in [2.24, 2.45) is 0 Å². The normalized spacial score (nSPS) is 23.1. The highest BCUT2D eigenvalue weighted by molar-refractivity contribution is 7.14. The van der Waals surface area contributed by atoms with Crippen molar-refractivity contribution in [1.29, 1.82) is 0 Å². The summed E-state index contributed by atoms with van der Waals surface area (Å²) < 4.78 is 0. The van der Waals surface area contributed by atoms with Crippen molar-refractivity contribution in [3.05, 3.63) is 35.7 Å². The van der Waals surface area contributed by atoms with E-state index in [1.165, 1.54) is 43.0 Å². The first-order chi connectivity index (χ1) is 12.3. The molecule has 1 aromatic heterocycles. The molecule has 134 valence electrons. The second-order valence-electron chi connectivity index (χ2n) is 7.30. The second kappa shape index (κ2) is 7.85. The van der Waals surface area contributed by atoms with Crippen molar-refractivity contribution in [2.75, 3.05) is 51.2 Å². The van der Waals surface area contributed by atoms with E-state index in [1.54, 1.807) is 11.3 Å². The molecule has 2 aromatic rings. The van der Waals surface area contributed by atoms with E-state index in [4.69, 9.17) is 4.98 Å². The molecule has 4 rings (SSSR count). The molecule has 1 unspecified atom stereocenters. The molecule has 2 saturated heterocycles. The number of piperidine rings is 1. The van der Waals surface area contributed by atoms with E-state index in [1.807, 2.05) is 0 Å². The second-order valence-corrected chi connectivity index (χ2v) is 8.14. The van der Waals surface area contributed by atoms with Gasteiger partial charge in [-0.2, -0.15) is 0 Å². The van der Waals surface area contributed by atoms with Gasteiger partial charge < -0.3 is 9.80 Å². The van der Waals surface area contributed by atoms with Crippen LogP contribution in [0.4, 0.5) is 5.13 Å². The van der Waals surface area contributed by atoms with Crippen LogP contribution in [0.1, 0.15) is 19.3 Å². The fourth-order valence-electron chi connectivity index (χ4n) is 3.95. The van der Waals surface area contributed by atoms with E-state index < -0.39 is 0 Å². The molecule has 3 heterocycles. The predicted molar refractivity (Wildman–Crippen MR) is 106 cm³/mol. The number of likely N-dealkylation sites (N-methyl/N-ethyl adjacent to an activating group) is 1. The Bertz CT molecular complexity index is 663. The summed E-state index contributed by atoms with van der Waals surface area (Å²) in [5.74, 6) is 0. The maximum Gasteiger partial charge on any atom is 0.185 e. The average Bonchev–Trinajstić information content (AvgIpc) is 3.15. The molecular formula is C20H28N4S. The van der Waals surface area contributed by atoms with Gasteiger partial charge in [0.05, 0.1) is 5.69 Å². The van der Waals surface area contributed by atoms with Crippen LogP contribution in [0.3, 0.4) is 0 Å². The van der Waals surface area contributed by atoms with Crippen LogP contribution in [-0.2, 0) is 0 Å². The van der Waals surface area contributed by atoms with Gasteiger partial charge in [-0.3, -0.25) is 4.90 Å². The van der Waals surface area contributed by atoms with Crippen LogP contribution in [0, 0.1) is 0 Å². The first-order valence-electron chi connectivity index (χ1n) is 9.48. The molecule has 0 aliphatic carbocycles. The Hall–Kier alpha value is -1.43. The zero-order valence-electron chi connectivity index (χ0n) is 15.1. The van der Waals surface area contributed by atoms with E-state index in [0.717, 1.165) is 37.9 Å². The van der Waals surface area contributed by atoms with Gasteiger partial charge in [-0.1, -0.05) is 36.8 Å². The lowest BCUT2D eigenvalue weighted by Crippen LogP contribution is -2.51. The molecule has 0 spiro atoms. The first kappa shape index (κ1) is 17.0. The Morgan fingerprint density at radius 2 is 1.84 bits per heavy atom. The molecule has 0 N–H and O–H groups in total. The summed E-state index contributed by atoms with van der Waals surface area (Å²) in [7, 11) is 2.29. The van der Waals surface area contributed by atoms with Gasteiger partial charge in [-0.05, 0) is 26.4 Å². The molecule has 2 aliphatic rings. The summed E-state index contributed by atoms with van der Waals surface area (Å²) in [4.78, 5) is 12.5. The molecule has 2 fully saturated rings. The van der Waals surface area contributed by atoms with E-state index in [9.17, 15) is 0 Å². The molecule has 1 atom stereocenters. The van der Waals surface area contributed by atoms with Crippen molar-refractivity contribution in [3.63, 3.8) is 0 Å². The fraction of sp³-hybridized carbons (Fsp3) is 0.550. The quantitative estimate of drug-likeness (QED) is 0.837. The molecule has 0 radical (unpaired) electrons. The summed E-state index contributed by atoms with van der Waals surface area (Å²) in [5.41, 5.74) is 2.32. The molecular weight excluding hydrogens is 328 g/mol. The monoisotopic (exact) mass is 356 g/mol. The van der Waals surface area contributed by atoms with Crippen molar-refractivity contribution in [2.45, 2.75) is 25.3 Å². The standard InChI is InChI=1S/C20H28N4S/c1-22-10-6-5-9-18(22)15-23-11-13-24(14-12-23)20-21-19(16-25-20)17-7-3-2-4-8-17/h2-4,7-8,16,18H,5-6,9-15H2,1H3. The van der Waals surface area contributed by atoms with Crippen molar-refractivity contribution in [3.8, 4) is 11.3 Å². The number of rotatable bonds is 4. The Morgan fingerprint density at radius 3 is 2.60 bits per heavy atom. The van der Waals surface area contributed by atoms with Crippen molar-refractivity contribution >= 4 is 16.5 Å². The van der Waals surface area contributed by atoms with Crippen LogP contribution < -0.4 is 4.90 Å². The SMILES string of the molecule is CN1CCCCC1CN1CCN(c2nc(-c3ccccc3)cs2)CC1. The van der Waals surface area contributed by atoms with Gasteiger partial charge in [-0.15, -0.1) is 11.3 Å². The number of benzene rings is 1. The summed E-state index contributed by atoms with van der Waals surface area (Å²) in [6.45, 7) is 7.01. The number of nitrogens with zero attached hydrogens (tertiary/aromatic N) is 4. The Morgan fingerprint density at radius 1 is 1.04 bits per heavy atom. The van der Waals surface area contributed by atoms with Gasteiger partial charge >= 0.3 is 0 Å². The van der Waals surface area contributed by atoms with Crippen molar-refractivity contribution < 1.29 is 0 Å². The third kappa shape index (κ3) is 4.05. The Balaban J connectivity index is 1.32. The molecule has 5 heteroatoms. The minimum Gasteiger partial charge on any atom is -0.346 e. The highest BCUT2D eigenvalue weighted by atomic mass is 32.1. The van der Waals surface area contributed by atoms with Gasteiger partial charge in [0.15, 0.2) is 5.13 Å². The van der Waals surface area contributed by atoms with Crippen LogP contribution in [0.5, 0.6) is 0 Å². The summed E-state index contributed by atoms with van der Waals surface area (Å²) in [6, 6.07) is 11.2. The largest absolute Gasteiger partial charge is 0.346 e. The molecule has 1 aromatic carbocycles. The average molecular weight is 357 g/mol. The molecule has 0 bridgehead atoms. The van der Waals surface area contributed by atoms with Crippen LogP contribution >= 0.6 is 11.3 Å². The molecule has 25 heavy (non-hydrogen) atoms. The third-order valence-corrected chi connectivity index (χ3v) is 6.50. The van der Waals surface area contributed by atoms with E-state index >= 15 is 0 Å². The first-order valence-corrected chi connectivity index (χ1v) is 10.4. The maximum atomic E-state index is 4.87. The summed E-state index contributed by atoms with van der Waals surface area (Å²) in [5, 5.41) is 3.36. The number of hydrogen-bond acceptors (Lipinski definition) is 5. The van der Waals surface area contributed by atoms with Crippen molar-refractivity contribution in [1.82, 2.24) is 14.8 Å². The van der Waals surface area contributed by atoms with Gasteiger partial charge in [0, 0.05) is 49.7 Å². The lowest BCUT2D eigenvalue weighted by atomic mass is 10.0. The minimum atomic E-state index is 0.754. The summed E-state index contributed by atoms with van der Waals surface area (Å²) in [6.07, 6.45) is 4.13. The van der Waals surface area contributed by atoms with E-state index in [2.05, 4.69) is 57.5 Å². The number of aromatic nitrogens is 1. The summed E-state index contributed by atoms with van der Waals surface area (Å²) >= 11 is 1.78. The Labute approximate surface area is 155 Å². The van der Waals surface area contributed by atoms with Gasteiger partial charge in [-0.25, -0.2) is 4.98 Å². The Kier molecular flexibility index (Phi) is 5.34. The lowest BCUT2D eigenvalue weighted by Gasteiger charge is -2.40. The number of likely N-dealkylation sites (tertiary alicyclic amines) is 1. The van der Waals surface area contributed by atoms with Crippen LogP contribution in [-0.4, -0.2) is 67.1 Å². The maximum absolute atomic E-state index is 4.87. The highest BCUT2D eigenvalue weighted by Gasteiger charge is 2.25. The lowest BCUT2D eigenvalue weighted by molar-refractivity contribution is 0.125. The van der Waals surface area contributed by atoms with Gasteiger partial charge in [0.1, 0.15) is 0 Å². The van der Waals surface area contributed by atoms with E-state index in [-0.39, 0.29) is 0 Å². The molecule has 2 aliphatic heterocycles. The van der Waals surface area contributed by atoms with Gasteiger partial charge in [0.2, 0.25) is 0 Å². The van der Waals surface area contributed by atoms with Crippen LogP contribution in [0.25, 0.3) is 11.3 Å². The molecule has 4 nitrogen and oxygen atoms in total. The zero-order valence-corrected chi connectivity index (χ0v) is 15.9. The van der Waals surface area contributed by atoms with Crippen LogP contribution in [0.15, 0.2) is 35.7 Å². The number of anilines is 1. The zero-order chi connectivity index (χ0) is 17.1. The topological polar surface area (TPSA) is 22.6 Å².